The quantitative estimate of drug-likeness (QED) is 0.897. The molecule has 0 fully saturated rings. The summed E-state index contributed by atoms with van der Waals surface area (Å²) in [6.45, 7) is 5.86. The molecule has 5 nitrogen and oxygen atoms in total. The van der Waals surface area contributed by atoms with Crippen molar-refractivity contribution in [3.8, 4) is 0 Å². The maximum absolute atomic E-state index is 11.9. The van der Waals surface area contributed by atoms with Gasteiger partial charge in [-0.05, 0) is 32.9 Å². The van der Waals surface area contributed by atoms with E-state index in [-0.39, 0.29) is 5.91 Å². The highest BCUT2D eigenvalue weighted by atomic mass is 16.3. The summed E-state index contributed by atoms with van der Waals surface area (Å²) in [4.78, 5) is 20.0. The van der Waals surface area contributed by atoms with Gasteiger partial charge in [0.1, 0.15) is 17.8 Å². The predicted octanol–water partition coefficient (Wildman–Crippen LogP) is 1.92. The van der Waals surface area contributed by atoms with Crippen molar-refractivity contribution >= 4 is 5.91 Å². The number of nitrogens with zero attached hydrogens (tertiary/aromatic N) is 2. The van der Waals surface area contributed by atoms with Crippen LogP contribution in [0.3, 0.4) is 0 Å². The Morgan fingerprint density at radius 2 is 2.06 bits per heavy atom. The van der Waals surface area contributed by atoms with Crippen LogP contribution in [0.1, 0.15) is 33.3 Å². The van der Waals surface area contributed by atoms with Crippen LogP contribution in [0.15, 0.2) is 22.9 Å². The molecular weight excluding hydrogens is 230 g/mol. The molecule has 0 bridgehead atoms. The van der Waals surface area contributed by atoms with E-state index < -0.39 is 0 Å². The second-order valence-electron chi connectivity index (χ2n) is 4.16. The second kappa shape index (κ2) is 5.00. The Kier molecular flexibility index (Phi) is 3.41. The number of nitrogens with one attached hydrogen (secondary N) is 1. The van der Waals surface area contributed by atoms with Crippen LogP contribution >= 0.6 is 0 Å². The van der Waals surface area contributed by atoms with Gasteiger partial charge in [-0.3, -0.25) is 4.79 Å². The SMILES string of the molecule is Cc1cc(CNC(=O)c2cc(C)oc2C)ncn1. The molecule has 1 amide bonds. The molecule has 18 heavy (non-hydrogen) atoms. The lowest BCUT2D eigenvalue weighted by Crippen LogP contribution is -2.23. The molecule has 2 rings (SSSR count). The van der Waals surface area contributed by atoms with Gasteiger partial charge in [0.15, 0.2) is 0 Å². The first-order chi connectivity index (χ1) is 8.56. The van der Waals surface area contributed by atoms with E-state index in [1.165, 1.54) is 6.33 Å². The number of hydrogen-bond acceptors (Lipinski definition) is 4. The summed E-state index contributed by atoms with van der Waals surface area (Å²) < 4.78 is 5.32. The van der Waals surface area contributed by atoms with Gasteiger partial charge in [0, 0.05) is 5.69 Å². The van der Waals surface area contributed by atoms with Crippen LogP contribution in [0, 0.1) is 20.8 Å². The van der Waals surface area contributed by atoms with Gasteiger partial charge in [0.05, 0.1) is 17.8 Å². The predicted molar refractivity (Wildman–Crippen MR) is 66.1 cm³/mol. The molecule has 5 heteroatoms. The number of carbonyl (C=O) groups excluding carboxylic acids is 1. The zero-order valence-corrected chi connectivity index (χ0v) is 10.7. The van der Waals surface area contributed by atoms with Gasteiger partial charge in [-0.1, -0.05) is 0 Å². The lowest BCUT2D eigenvalue weighted by Gasteiger charge is -2.04. The first-order valence-corrected chi connectivity index (χ1v) is 5.69. The highest BCUT2D eigenvalue weighted by Crippen LogP contribution is 2.13. The Balaban J connectivity index is 2.03. The number of furan rings is 1. The molecule has 1 N–H and O–H groups in total. The molecule has 0 radical (unpaired) electrons. The number of aromatic nitrogens is 2. The normalized spacial score (nSPS) is 10.4. The van der Waals surface area contributed by atoms with Crippen LogP contribution in [-0.4, -0.2) is 15.9 Å². The van der Waals surface area contributed by atoms with E-state index in [1.807, 2.05) is 19.9 Å². The standard InChI is InChI=1S/C13H15N3O2/c1-8-4-11(16-7-15-8)6-14-13(17)12-5-9(2)18-10(12)3/h4-5,7H,6H2,1-3H3,(H,14,17). The summed E-state index contributed by atoms with van der Waals surface area (Å²) >= 11 is 0. The highest BCUT2D eigenvalue weighted by Gasteiger charge is 2.13. The Bertz CT molecular complexity index is 575. The maximum atomic E-state index is 11.9. The topological polar surface area (TPSA) is 68.0 Å². The van der Waals surface area contributed by atoms with Gasteiger partial charge < -0.3 is 9.73 Å². The number of aryl methyl sites for hydroxylation is 3. The van der Waals surface area contributed by atoms with Gasteiger partial charge in [-0.2, -0.15) is 0 Å². The van der Waals surface area contributed by atoms with E-state index in [1.54, 1.807) is 13.0 Å². The smallest absolute Gasteiger partial charge is 0.255 e. The summed E-state index contributed by atoms with van der Waals surface area (Å²) in [5.41, 5.74) is 2.23. The minimum atomic E-state index is -0.152. The number of hydrogen-bond donors (Lipinski definition) is 1. The molecule has 0 aromatic carbocycles. The Morgan fingerprint density at radius 3 is 2.67 bits per heavy atom. The number of rotatable bonds is 3. The summed E-state index contributed by atoms with van der Waals surface area (Å²) in [5, 5.41) is 2.81. The number of amides is 1. The fourth-order valence-corrected chi connectivity index (χ4v) is 1.73. The molecule has 0 aliphatic rings. The van der Waals surface area contributed by atoms with Crippen molar-refractivity contribution in [2.24, 2.45) is 0 Å². The molecule has 0 saturated heterocycles. The minimum Gasteiger partial charge on any atom is -0.466 e. The van der Waals surface area contributed by atoms with Gasteiger partial charge >= 0.3 is 0 Å². The fourth-order valence-electron chi connectivity index (χ4n) is 1.73. The summed E-state index contributed by atoms with van der Waals surface area (Å²) in [7, 11) is 0. The molecule has 0 aliphatic heterocycles. The van der Waals surface area contributed by atoms with Crippen LogP contribution < -0.4 is 5.32 Å². The van der Waals surface area contributed by atoms with Crippen molar-refractivity contribution in [3.63, 3.8) is 0 Å². The fraction of sp³-hybridized carbons (Fsp3) is 0.308. The molecule has 0 atom stereocenters. The summed E-state index contributed by atoms with van der Waals surface area (Å²) in [5.74, 6) is 1.21. The molecule has 2 heterocycles. The van der Waals surface area contributed by atoms with Crippen molar-refractivity contribution in [3.05, 3.63) is 46.9 Å². The van der Waals surface area contributed by atoms with E-state index in [0.717, 1.165) is 17.1 Å². The van der Waals surface area contributed by atoms with Gasteiger partial charge in [0.2, 0.25) is 0 Å². The van der Waals surface area contributed by atoms with Crippen LogP contribution in [0.2, 0.25) is 0 Å². The van der Waals surface area contributed by atoms with E-state index in [9.17, 15) is 4.79 Å². The maximum Gasteiger partial charge on any atom is 0.255 e. The Morgan fingerprint density at radius 1 is 1.28 bits per heavy atom. The van der Waals surface area contributed by atoms with Crippen molar-refractivity contribution in [1.29, 1.82) is 0 Å². The van der Waals surface area contributed by atoms with E-state index in [2.05, 4.69) is 15.3 Å². The lowest BCUT2D eigenvalue weighted by molar-refractivity contribution is 0.0949. The van der Waals surface area contributed by atoms with Crippen LogP contribution in [0.5, 0.6) is 0 Å². The third-order valence-electron chi connectivity index (χ3n) is 2.58. The van der Waals surface area contributed by atoms with E-state index in [4.69, 9.17) is 4.42 Å². The molecule has 0 unspecified atom stereocenters. The highest BCUT2D eigenvalue weighted by molar-refractivity contribution is 5.95. The van der Waals surface area contributed by atoms with Crippen LogP contribution in [0.25, 0.3) is 0 Å². The number of carbonyl (C=O) groups is 1. The van der Waals surface area contributed by atoms with Gasteiger partial charge in [0.25, 0.3) is 5.91 Å². The minimum absolute atomic E-state index is 0.152. The van der Waals surface area contributed by atoms with Crippen molar-refractivity contribution in [2.45, 2.75) is 27.3 Å². The molecule has 0 saturated carbocycles. The Hall–Kier alpha value is -2.17. The first-order valence-electron chi connectivity index (χ1n) is 5.69. The lowest BCUT2D eigenvalue weighted by atomic mass is 10.2. The molecule has 0 aliphatic carbocycles. The van der Waals surface area contributed by atoms with E-state index >= 15 is 0 Å². The van der Waals surface area contributed by atoms with Gasteiger partial charge in [-0.25, -0.2) is 9.97 Å². The largest absolute Gasteiger partial charge is 0.466 e. The zero-order chi connectivity index (χ0) is 13.1. The Labute approximate surface area is 105 Å². The molecule has 94 valence electrons. The average Bonchev–Trinajstić information content (AvgIpc) is 2.66. The second-order valence-corrected chi connectivity index (χ2v) is 4.16. The van der Waals surface area contributed by atoms with Crippen LogP contribution in [0.4, 0.5) is 0 Å². The van der Waals surface area contributed by atoms with Crippen molar-refractivity contribution in [1.82, 2.24) is 15.3 Å². The molecule has 2 aromatic rings. The molecule has 0 spiro atoms. The van der Waals surface area contributed by atoms with Crippen LogP contribution in [-0.2, 0) is 6.54 Å². The average molecular weight is 245 g/mol. The summed E-state index contributed by atoms with van der Waals surface area (Å²) in [6.07, 6.45) is 1.49. The summed E-state index contributed by atoms with van der Waals surface area (Å²) in [6, 6.07) is 3.57. The van der Waals surface area contributed by atoms with E-state index in [0.29, 0.717) is 17.9 Å². The zero-order valence-electron chi connectivity index (χ0n) is 10.7. The monoisotopic (exact) mass is 245 g/mol. The first kappa shape index (κ1) is 12.3. The third-order valence-corrected chi connectivity index (χ3v) is 2.58. The third kappa shape index (κ3) is 2.74. The van der Waals surface area contributed by atoms with Crippen molar-refractivity contribution < 1.29 is 9.21 Å². The molecule has 2 aromatic heterocycles. The van der Waals surface area contributed by atoms with Gasteiger partial charge in [-0.15, -0.1) is 0 Å². The van der Waals surface area contributed by atoms with Crippen molar-refractivity contribution in [2.75, 3.05) is 0 Å². The molecular formula is C13H15N3O2.